The zero-order chi connectivity index (χ0) is 15.4. The molecule has 2 rings (SSSR count). The van der Waals surface area contributed by atoms with Crippen LogP contribution in [0.3, 0.4) is 0 Å². The number of ketones is 1. The van der Waals surface area contributed by atoms with Crippen molar-refractivity contribution < 1.29 is 9.00 Å². The van der Waals surface area contributed by atoms with E-state index >= 15 is 0 Å². The molecule has 0 saturated carbocycles. The largest absolute Gasteiger partial charge is 0.293 e. The summed E-state index contributed by atoms with van der Waals surface area (Å²) in [6.07, 6.45) is 0. The van der Waals surface area contributed by atoms with Crippen LogP contribution in [0.1, 0.15) is 32.6 Å². The molecule has 3 heteroatoms. The van der Waals surface area contributed by atoms with E-state index in [1.807, 2.05) is 51.1 Å². The maximum Gasteiger partial charge on any atom is 0.175 e. The van der Waals surface area contributed by atoms with Gasteiger partial charge in [-0.15, -0.1) is 0 Å². The molecule has 1 atom stereocenters. The first-order valence-electron chi connectivity index (χ1n) is 6.96. The third-order valence-corrected chi connectivity index (χ3v) is 4.59. The Kier molecular flexibility index (Phi) is 5.07. The molecule has 0 radical (unpaired) electrons. The highest BCUT2D eigenvalue weighted by Gasteiger charge is 2.13. The average Bonchev–Trinajstić information content (AvgIpc) is 2.37. The minimum Gasteiger partial charge on any atom is -0.293 e. The van der Waals surface area contributed by atoms with Gasteiger partial charge in [-0.3, -0.25) is 9.00 Å². The van der Waals surface area contributed by atoms with Gasteiger partial charge in [-0.1, -0.05) is 53.6 Å². The van der Waals surface area contributed by atoms with Gasteiger partial charge < -0.3 is 0 Å². The summed E-state index contributed by atoms with van der Waals surface area (Å²) in [6, 6.07) is 13.6. The molecule has 0 N–H and O–H groups in total. The van der Waals surface area contributed by atoms with Crippen LogP contribution in [0, 0.1) is 20.8 Å². The van der Waals surface area contributed by atoms with Crippen molar-refractivity contribution in [3.8, 4) is 0 Å². The van der Waals surface area contributed by atoms with E-state index in [9.17, 15) is 9.00 Å². The maximum absolute atomic E-state index is 12.2. The zero-order valence-electron chi connectivity index (χ0n) is 12.7. The molecule has 0 bridgehead atoms. The minimum atomic E-state index is -1.18. The van der Waals surface area contributed by atoms with Crippen LogP contribution in [0.15, 0.2) is 42.5 Å². The summed E-state index contributed by atoms with van der Waals surface area (Å²) in [7, 11) is -1.18. The van der Waals surface area contributed by atoms with Gasteiger partial charge in [0.25, 0.3) is 0 Å². The molecule has 0 amide bonds. The number of Topliss-reactive ketones (excluding diaryl/α,β-unsaturated/α-hetero) is 1. The van der Waals surface area contributed by atoms with Crippen molar-refractivity contribution in [1.29, 1.82) is 0 Å². The van der Waals surface area contributed by atoms with E-state index < -0.39 is 10.8 Å². The van der Waals surface area contributed by atoms with Crippen molar-refractivity contribution >= 4 is 16.6 Å². The SMILES string of the molecule is Cc1cc(C)cc(CS(=O)CC(=O)c2ccccc2C)c1. The molecule has 0 aliphatic rings. The molecule has 0 heterocycles. The normalized spacial score (nSPS) is 12.1. The maximum atomic E-state index is 12.2. The standard InChI is InChI=1S/C18H20O2S/c1-13-8-14(2)10-16(9-13)11-21(20)12-18(19)17-7-5-4-6-15(17)3/h4-10H,11-12H2,1-3H3. The molecule has 0 saturated heterocycles. The number of hydrogen-bond acceptors (Lipinski definition) is 2. The van der Waals surface area contributed by atoms with E-state index in [0.717, 1.165) is 22.3 Å². The Hall–Kier alpha value is -1.74. The minimum absolute atomic E-state index is 0.0455. The molecule has 21 heavy (non-hydrogen) atoms. The van der Waals surface area contributed by atoms with Crippen LogP contribution >= 0.6 is 0 Å². The number of carbonyl (C=O) groups excluding carboxylic acids is 1. The third-order valence-electron chi connectivity index (χ3n) is 3.35. The summed E-state index contributed by atoms with van der Waals surface area (Å²) in [6.45, 7) is 5.95. The van der Waals surface area contributed by atoms with Crippen LogP contribution in [-0.2, 0) is 16.6 Å². The Bertz CT molecular complexity index is 669. The smallest absolute Gasteiger partial charge is 0.175 e. The Morgan fingerprint density at radius 1 is 1.00 bits per heavy atom. The van der Waals surface area contributed by atoms with Gasteiger partial charge >= 0.3 is 0 Å². The lowest BCUT2D eigenvalue weighted by atomic mass is 10.1. The first kappa shape index (κ1) is 15.6. The highest BCUT2D eigenvalue weighted by atomic mass is 32.2. The van der Waals surface area contributed by atoms with Crippen molar-refractivity contribution in [1.82, 2.24) is 0 Å². The van der Waals surface area contributed by atoms with E-state index in [4.69, 9.17) is 0 Å². The molecule has 2 nitrogen and oxygen atoms in total. The molecule has 110 valence electrons. The van der Waals surface area contributed by atoms with Crippen LogP contribution in [0.4, 0.5) is 0 Å². The van der Waals surface area contributed by atoms with Gasteiger partial charge in [0, 0.05) is 22.1 Å². The van der Waals surface area contributed by atoms with Crippen molar-refractivity contribution in [2.24, 2.45) is 0 Å². The Morgan fingerprint density at radius 3 is 2.24 bits per heavy atom. The predicted octanol–water partition coefficient (Wildman–Crippen LogP) is 3.74. The monoisotopic (exact) mass is 300 g/mol. The van der Waals surface area contributed by atoms with Crippen molar-refractivity contribution in [3.63, 3.8) is 0 Å². The molecule has 2 aromatic carbocycles. The summed E-state index contributed by atoms with van der Waals surface area (Å²) < 4.78 is 12.2. The lowest BCUT2D eigenvalue weighted by Crippen LogP contribution is -2.13. The lowest BCUT2D eigenvalue weighted by Gasteiger charge is -2.07. The fourth-order valence-corrected chi connectivity index (χ4v) is 3.59. The van der Waals surface area contributed by atoms with Crippen molar-refractivity contribution in [2.75, 3.05) is 5.75 Å². The number of rotatable bonds is 5. The summed E-state index contributed by atoms with van der Waals surface area (Å²) in [4.78, 5) is 12.2. The molecule has 1 unspecified atom stereocenters. The summed E-state index contributed by atoms with van der Waals surface area (Å²) in [5.41, 5.74) is 4.96. The second-order valence-electron chi connectivity index (χ2n) is 5.46. The fraction of sp³-hybridized carbons (Fsp3) is 0.278. The third kappa shape index (κ3) is 4.36. The van der Waals surface area contributed by atoms with E-state index in [-0.39, 0.29) is 11.5 Å². The molecule has 0 aliphatic carbocycles. The van der Waals surface area contributed by atoms with Gasteiger partial charge in [-0.05, 0) is 31.9 Å². The molecule has 2 aromatic rings. The summed E-state index contributed by atoms with van der Waals surface area (Å²) in [5, 5.41) is 0. The zero-order valence-corrected chi connectivity index (χ0v) is 13.5. The average molecular weight is 300 g/mol. The van der Waals surface area contributed by atoms with E-state index in [1.54, 1.807) is 6.07 Å². The number of aryl methyl sites for hydroxylation is 3. The summed E-state index contributed by atoms with van der Waals surface area (Å²) in [5.74, 6) is 0.466. The van der Waals surface area contributed by atoms with E-state index in [1.165, 1.54) is 0 Å². The lowest BCUT2D eigenvalue weighted by molar-refractivity contribution is 0.102. The van der Waals surface area contributed by atoms with E-state index in [0.29, 0.717) is 11.3 Å². The first-order chi connectivity index (χ1) is 9.95. The first-order valence-corrected chi connectivity index (χ1v) is 8.45. The molecule has 0 fully saturated rings. The number of hydrogen-bond donors (Lipinski definition) is 0. The van der Waals surface area contributed by atoms with Crippen molar-refractivity contribution in [2.45, 2.75) is 26.5 Å². The molecule has 0 spiro atoms. The fourth-order valence-electron chi connectivity index (χ4n) is 2.50. The predicted molar refractivity (Wildman–Crippen MR) is 88.1 cm³/mol. The van der Waals surface area contributed by atoms with E-state index in [2.05, 4.69) is 6.07 Å². The van der Waals surface area contributed by atoms with Gasteiger partial charge in [-0.2, -0.15) is 0 Å². The van der Waals surface area contributed by atoms with Gasteiger partial charge in [0.15, 0.2) is 5.78 Å². The van der Waals surface area contributed by atoms with Gasteiger partial charge in [0.1, 0.15) is 0 Å². The Morgan fingerprint density at radius 2 is 1.62 bits per heavy atom. The molecular formula is C18H20O2S. The second-order valence-corrected chi connectivity index (χ2v) is 6.92. The number of benzene rings is 2. The van der Waals surface area contributed by atoms with Crippen LogP contribution in [0.2, 0.25) is 0 Å². The number of carbonyl (C=O) groups is 1. The highest BCUT2D eigenvalue weighted by Crippen LogP contribution is 2.13. The topological polar surface area (TPSA) is 34.1 Å². The summed E-state index contributed by atoms with van der Waals surface area (Å²) >= 11 is 0. The Balaban J connectivity index is 2.05. The quantitative estimate of drug-likeness (QED) is 0.788. The van der Waals surface area contributed by atoms with Crippen molar-refractivity contribution in [3.05, 3.63) is 70.3 Å². The van der Waals surface area contributed by atoms with Crippen LogP contribution in [0.25, 0.3) is 0 Å². The molecule has 0 aromatic heterocycles. The molecule has 0 aliphatic heterocycles. The second kappa shape index (κ2) is 6.81. The Labute approximate surface area is 128 Å². The van der Waals surface area contributed by atoms with Crippen LogP contribution < -0.4 is 0 Å². The van der Waals surface area contributed by atoms with Gasteiger partial charge in [-0.25, -0.2) is 0 Å². The van der Waals surface area contributed by atoms with Gasteiger partial charge in [0.05, 0.1) is 5.75 Å². The molecular weight excluding hydrogens is 280 g/mol. The van der Waals surface area contributed by atoms with Gasteiger partial charge in [0.2, 0.25) is 0 Å². The highest BCUT2D eigenvalue weighted by molar-refractivity contribution is 7.85. The van der Waals surface area contributed by atoms with Crippen LogP contribution in [0.5, 0.6) is 0 Å². The van der Waals surface area contributed by atoms with Crippen LogP contribution in [-0.4, -0.2) is 15.7 Å².